The number of thioether (sulfide) groups is 1. The molecule has 0 aliphatic rings. The average molecular weight is 419 g/mol. The van der Waals surface area contributed by atoms with E-state index in [1.165, 1.54) is 108 Å². The maximum Gasteiger partial charge on any atom is 0.0701 e. The Morgan fingerprint density at radius 2 is 0.929 bits per heavy atom. The molecule has 1 N–H and O–H groups in total. The largest absolute Gasteiger partial charge is 0.394 e. The molecule has 0 bridgehead atoms. The summed E-state index contributed by atoms with van der Waals surface area (Å²) in [5.41, 5.74) is 0. The zero-order valence-electron chi connectivity index (χ0n) is 18.9. The Hall–Kier alpha value is 0.230. The fraction of sp³-hybridized carbons (Fsp3) is 1.00. The molecule has 0 saturated carbocycles. The predicted molar refractivity (Wildman–Crippen MR) is 126 cm³/mol. The van der Waals surface area contributed by atoms with Crippen LogP contribution in [-0.2, 0) is 9.47 Å². The lowest BCUT2D eigenvalue weighted by molar-refractivity contribution is 0.0377. The van der Waals surface area contributed by atoms with Crippen molar-refractivity contribution in [1.29, 1.82) is 0 Å². The van der Waals surface area contributed by atoms with Gasteiger partial charge in [-0.2, -0.15) is 11.8 Å². The highest BCUT2D eigenvalue weighted by atomic mass is 32.2. The molecule has 0 amide bonds. The molecule has 0 aliphatic carbocycles. The van der Waals surface area contributed by atoms with Crippen molar-refractivity contribution in [3.63, 3.8) is 0 Å². The van der Waals surface area contributed by atoms with E-state index in [9.17, 15) is 0 Å². The molecule has 0 rings (SSSR count). The zero-order chi connectivity index (χ0) is 20.4. The van der Waals surface area contributed by atoms with Crippen LogP contribution in [0.25, 0.3) is 0 Å². The van der Waals surface area contributed by atoms with E-state index in [0.29, 0.717) is 19.8 Å². The molecule has 0 aromatic carbocycles. The maximum absolute atomic E-state index is 8.57. The van der Waals surface area contributed by atoms with Crippen molar-refractivity contribution in [2.24, 2.45) is 0 Å². The first-order chi connectivity index (χ1) is 13.9. The van der Waals surface area contributed by atoms with Gasteiger partial charge in [-0.1, -0.05) is 103 Å². The van der Waals surface area contributed by atoms with E-state index in [-0.39, 0.29) is 6.61 Å². The van der Waals surface area contributed by atoms with E-state index < -0.39 is 0 Å². The van der Waals surface area contributed by atoms with Crippen molar-refractivity contribution in [3.8, 4) is 0 Å². The summed E-state index contributed by atoms with van der Waals surface area (Å²) < 4.78 is 10.6. The van der Waals surface area contributed by atoms with E-state index in [0.717, 1.165) is 12.4 Å². The van der Waals surface area contributed by atoms with E-state index in [2.05, 4.69) is 6.92 Å². The highest BCUT2D eigenvalue weighted by molar-refractivity contribution is 7.99. The average Bonchev–Trinajstić information content (AvgIpc) is 2.71. The number of hydrogen-bond acceptors (Lipinski definition) is 4. The van der Waals surface area contributed by atoms with Crippen LogP contribution < -0.4 is 0 Å². The quantitative estimate of drug-likeness (QED) is 0.162. The smallest absolute Gasteiger partial charge is 0.0701 e. The van der Waals surface area contributed by atoms with Crippen LogP contribution in [0.3, 0.4) is 0 Å². The van der Waals surface area contributed by atoms with E-state index in [1.807, 2.05) is 11.8 Å². The fourth-order valence-corrected chi connectivity index (χ4v) is 4.21. The topological polar surface area (TPSA) is 38.7 Å². The summed E-state index contributed by atoms with van der Waals surface area (Å²) in [6.07, 6.45) is 22.9. The van der Waals surface area contributed by atoms with Crippen molar-refractivity contribution >= 4 is 11.8 Å². The van der Waals surface area contributed by atoms with Gasteiger partial charge in [-0.3, -0.25) is 0 Å². The normalized spacial score (nSPS) is 11.4. The lowest BCUT2D eigenvalue weighted by Gasteiger charge is -2.05. The van der Waals surface area contributed by atoms with Crippen LogP contribution in [0.1, 0.15) is 110 Å². The molecule has 0 spiro atoms. The predicted octanol–water partition coefficient (Wildman–Crippen LogP) is 7.01. The van der Waals surface area contributed by atoms with Gasteiger partial charge >= 0.3 is 0 Å². The van der Waals surface area contributed by atoms with Crippen molar-refractivity contribution in [2.45, 2.75) is 110 Å². The Balaban J connectivity index is 2.96. The first kappa shape index (κ1) is 28.2. The number of unbranched alkanes of at least 4 members (excludes halogenated alkanes) is 15. The van der Waals surface area contributed by atoms with Crippen LogP contribution in [0.5, 0.6) is 0 Å². The Labute approximate surface area is 180 Å². The van der Waals surface area contributed by atoms with Crippen molar-refractivity contribution in [1.82, 2.24) is 0 Å². The zero-order valence-corrected chi connectivity index (χ0v) is 19.8. The lowest BCUT2D eigenvalue weighted by Crippen LogP contribution is -2.08. The Morgan fingerprint density at radius 1 is 0.500 bits per heavy atom. The van der Waals surface area contributed by atoms with E-state index in [1.54, 1.807) is 0 Å². The van der Waals surface area contributed by atoms with Gasteiger partial charge in [0.2, 0.25) is 0 Å². The molecule has 0 atom stereocenters. The standard InChI is InChI=1S/C24H50O3S/c1-2-3-4-5-6-7-8-9-10-11-12-13-14-15-16-17-23-28-24-22-27-21-20-26-19-18-25/h25H,2-24H2,1H3. The number of aliphatic hydroxyl groups excluding tert-OH is 1. The summed E-state index contributed by atoms with van der Waals surface area (Å²) in [4.78, 5) is 0. The molecule has 3 nitrogen and oxygen atoms in total. The maximum atomic E-state index is 8.57. The van der Waals surface area contributed by atoms with Crippen LogP contribution in [0.15, 0.2) is 0 Å². The second-order valence-corrected chi connectivity index (χ2v) is 9.09. The molecule has 0 heterocycles. The molecule has 0 aromatic heterocycles. The minimum absolute atomic E-state index is 0.0924. The first-order valence-corrected chi connectivity index (χ1v) is 13.4. The van der Waals surface area contributed by atoms with Crippen molar-refractivity contribution in [3.05, 3.63) is 0 Å². The van der Waals surface area contributed by atoms with Gasteiger partial charge in [-0.15, -0.1) is 0 Å². The monoisotopic (exact) mass is 418 g/mol. The highest BCUT2D eigenvalue weighted by Crippen LogP contribution is 2.14. The molecule has 0 radical (unpaired) electrons. The van der Waals surface area contributed by atoms with Gasteiger partial charge in [-0.05, 0) is 12.2 Å². The summed E-state index contributed by atoms with van der Waals surface area (Å²) in [7, 11) is 0. The van der Waals surface area contributed by atoms with Gasteiger partial charge in [0.15, 0.2) is 0 Å². The third-order valence-corrected chi connectivity index (χ3v) is 6.15. The number of rotatable bonds is 25. The van der Waals surface area contributed by atoms with Crippen LogP contribution in [0.2, 0.25) is 0 Å². The van der Waals surface area contributed by atoms with Gasteiger partial charge in [0.05, 0.1) is 33.0 Å². The summed E-state index contributed by atoms with van der Waals surface area (Å²) >= 11 is 2.00. The molecule has 0 aromatic rings. The molecule has 0 aliphatic heterocycles. The van der Waals surface area contributed by atoms with Crippen LogP contribution in [-0.4, -0.2) is 49.6 Å². The van der Waals surface area contributed by atoms with Crippen LogP contribution in [0, 0.1) is 0 Å². The molecular formula is C24H50O3S. The van der Waals surface area contributed by atoms with Crippen molar-refractivity contribution in [2.75, 3.05) is 44.5 Å². The molecule has 0 saturated heterocycles. The van der Waals surface area contributed by atoms with Crippen LogP contribution >= 0.6 is 11.8 Å². The van der Waals surface area contributed by atoms with Gasteiger partial charge in [0, 0.05) is 5.75 Å². The Bertz CT molecular complexity index is 238. The number of hydrogen-bond donors (Lipinski definition) is 1. The second kappa shape index (κ2) is 27.2. The van der Waals surface area contributed by atoms with Gasteiger partial charge < -0.3 is 14.6 Å². The van der Waals surface area contributed by atoms with Gasteiger partial charge in [0.25, 0.3) is 0 Å². The molecule has 170 valence electrons. The van der Waals surface area contributed by atoms with E-state index >= 15 is 0 Å². The summed E-state index contributed by atoms with van der Waals surface area (Å²) in [5.74, 6) is 2.35. The molecule has 0 unspecified atom stereocenters. The molecule has 0 fully saturated rings. The number of ether oxygens (including phenoxy) is 2. The van der Waals surface area contributed by atoms with Gasteiger partial charge in [0.1, 0.15) is 0 Å². The number of aliphatic hydroxyl groups is 1. The Kier molecular flexibility index (Phi) is 27.5. The summed E-state index contributed by atoms with van der Waals surface area (Å²) in [6.45, 7) is 4.84. The summed E-state index contributed by atoms with van der Waals surface area (Å²) in [5, 5.41) is 8.57. The van der Waals surface area contributed by atoms with Crippen molar-refractivity contribution < 1.29 is 14.6 Å². The minimum Gasteiger partial charge on any atom is -0.394 e. The molecular weight excluding hydrogens is 368 g/mol. The third kappa shape index (κ3) is 26.2. The van der Waals surface area contributed by atoms with Gasteiger partial charge in [-0.25, -0.2) is 0 Å². The first-order valence-electron chi connectivity index (χ1n) is 12.3. The minimum atomic E-state index is 0.0924. The Morgan fingerprint density at radius 3 is 1.39 bits per heavy atom. The summed E-state index contributed by atoms with van der Waals surface area (Å²) in [6, 6.07) is 0. The lowest BCUT2D eigenvalue weighted by atomic mass is 10.0. The third-order valence-electron chi connectivity index (χ3n) is 5.12. The fourth-order valence-electron chi connectivity index (χ4n) is 3.36. The highest BCUT2D eigenvalue weighted by Gasteiger charge is 1.96. The molecule has 28 heavy (non-hydrogen) atoms. The SMILES string of the molecule is CCCCCCCCCCCCCCCCCCSCCOCCOCCO. The second-order valence-electron chi connectivity index (χ2n) is 7.86. The van der Waals surface area contributed by atoms with E-state index in [4.69, 9.17) is 14.6 Å². The molecule has 4 heteroatoms. The van der Waals surface area contributed by atoms with Crippen LogP contribution in [0.4, 0.5) is 0 Å².